The fourth-order valence-electron chi connectivity index (χ4n) is 3.76. The quantitative estimate of drug-likeness (QED) is 0.736. The average molecular weight is 373 g/mol. The van der Waals surface area contributed by atoms with Crippen LogP contribution in [0.1, 0.15) is 60.4 Å². The molecule has 142 valence electrons. The topological polar surface area (TPSA) is 106 Å². The Balaban J connectivity index is 1.62. The highest BCUT2D eigenvalue weighted by atomic mass is 15.4. The number of hydrogen-bond acceptors (Lipinski definition) is 6. The Hall–Kier alpha value is -3.11. The lowest BCUT2D eigenvalue weighted by Crippen LogP contribution is -2.05. The third-order valence-corrected chi connectivity index (χ3v) is 5.33. The molecule has 0 spiro atoms. The molecule has 2 heterocycles. The SMILES string of the molecule is N#Cc1ccc(-c2ncc(CN)cn2)c(Cn2cc(C3CCCCC3)nn2)c1. The van der Waals surface area contributed by atoms with Crippen LogP contribution in [0.15, 0.2) is 36.8 Å². The number of hydrogen-bond donors (Lipinski definition) is 1. The molecule has 1 aliphatic rings. The molecule has 0 aliphatic heterocycles. The first-order valence-electron chi connectivity index (χ1n) is 9.71. The molecular weight excluding hydrogens is 350 g/mol. The Morgan fingerprint density at radius 1 is 1.14 bits per heavy atom. The molecule has 4 rings (SSSR count). The van der Waals surface area contributed by atoms with Crippen LogP contribution in [-0.2, 0) is 13.1 Å². The third-order valence-electron chi connectivity index (χ3n) is 5.33. The van der Waals surface area contributed by atoms with Crippen LogP contribution >= 0.6 is 0 Å². The molecule has 1 aliphatic carbocycles. The molecule has 1 aromatic carbocycles. The molecule has 1 fully saturated rings. The number of aromatic nitrogens is 5. The van der Waals surface area contributed by atoms with Crippen molar-refractivity contribution in [3.63, 3.8) is 0 Å². The summed E-state index contributed by atoms with van der Waals surface area (Å²) in [6, 6.07) is 7.76. The Bertz CT molecular complexity index is 979. The molecule has 3 aromatic rings. The second kappa shape index (κ2) is 8.28. The van der Waals surface area contributed by atoms with E-state index in [0.717, 1.165) is 22.4 Å². The lowest BCUT2D eigenvalue weighted by molar-refractivity contribution is 0.436. The Kier molecular flexibility index (Phi) is 5.40. The van der Waals surface area contributed by atoms with Gasteiger partial charge in [0.05, 0.1) is 23.9 Å². The van der Waals surface area contributed by atoms with Crippen molar-refractivity contribution in [1.82, 2.24) is 25.0 Å². The Labute approximate surface area is 164 Å². The predicted octanol–water partition coefficient (Wildman–Crippen LogP) is 3.16. The van der Waals surface area contributed by atoms with Gasteiger partial charge in [0.1, 0.15) is 0 Å². The molecule has 7 heteroatoms. The molecule has 0 unspecified atom stereocenters. The Morgan fingerprint density at radius 3 is 2.64 bits per heavy atom. The molecule has 2 N–H and O–H groups in total. The number of nitriles is 1. The average Bonchev–Trinajstić information content (AvgIpc) is 3.23. The zero-order chi connectivity index (χ0) is 19.3. The predicted molar refractivity (Wildman–Crippen MR) is 105 cm³/mol. The fourth-order valence-corrected chi connectivity index (χ4v) is 3.76. The molecule has 1 saturated carbocycles. The minimum absolute atomic E-state index is 0.406. The van der Waals surface area contributed by atoms with Gasteiger partial charge < -0.3 is 5.73 Å². The number of nitrogens with two attached hydrogens (primary N) is 1. The first-order valence-corrected chi connectivity index (χ1v) is 9.71. The van der Waals surface area contributed by atoms with Gasteiger partial charge in [0.25, 0.3) is 0 Å². The lowest BCUT2D eigenvalue weighted by Gasteiger charge is -2.18. The van der Waals surface area contributed by atoms with Crippen LogP contribution in [0.4, 0.5) is 0 Å². The van der Waals surface area contributed by atoms with Gasteiger partial charge in [-0.2, -0.15) is 5.26 Å². The lowest BCUT2D eigenvalue weighted by atomic mass is 9.87. The molecule has 7 nitrogen and oxygen atoms in total. The van der Waals surface area contributed by atoms with E-state index in [2.05, 4.69) is 26.3 Å². The summed E-state index contributed by atoms with van der Waals surface area (Å²) >= 11 is 0. The Morgan fingerprint density at radius 2 is 1.93 bits per heavy atom. The van der Waals surface area contributed by atoms with Crippen LogP contribution in [-0.4, -0.2) is 25.0 Å². The fraction of sp³-hybridized carbons (Fsp3) is 0.381. The summed E-state index contributed by atoms with van der Waals surface area (Å²) in [6.07, 6.45) is 11.7. The number of nitrogens with zero attached hydrogens (tertiary/aromatic N) is 6. The van der Waals surface area contributed by atoms with E-state index in [4.69, 9.17) is 5.73 Å². The second-order valence-electron chi connectivity index (χ2n) is 7.28. The highest BCUT2D eigenvalue weighted by Gasteiger charge is 2.19. The molecular formula is C21H23N7. The summed E-state index contributed by atoms with van der Waals surface area (Å²) in [4.78, 5) is 8.87. The summed E-state index contributed by atoms with van der Waals surface area (Å²) in [5.74, 6) is 1.13. The van der Waals surface area contributed by atoms with Gasteiger partial charge in [0, 0.05) is 42.2 Å². The van der Waals surface area contributed by atoms with Gasteiger partial charge in [-0.05, 0) is 36.6 Å². The van der Waals surface area contributed by atoms with Gasteiger partial charge in [-0.15, -0.1) is 5.10 Å². The van der Waals surface area contributed by atoms with Crippen LogP contribution in [0, 0.1) is 11.3 Å². The molecule has 28 heavy (non-hydrogen) atoms. The molecule has 0 amide bonds. The summed E-state index contributed by atoms with van der Waals surface area (Å²) in [7, 11) is 0. The van der Waals surface area contributed by atoms with E-state index in [9.17, 15) is 5.26 Å². The van der Waals surface area contributed by atoms with Crippen molar-refractivity contribution in [2.24, 2.45) is 5.73 Å². The largest absolute Gasteiger partial charge is 0.326 e. The van der Waals surface area contributed by atoms with Crippen molar-refractivity contribution in [2.75, 3.05) is 0 Å². The maximum Gasteiger partial charge on any atom is 0.159 e. The third kappa shape index (κ3) is 3.92. The van der Waals surface area contributed by atoms with Crippen LogP contribution < -0.4 is 5.73 Å². The van der Waals surface area contributed by atoms with Gasteiger partial charge in [-0.25, -0.2) is 14.6 Å². The van der Waals surface area contributed by atoms with Crippen molar-refractivity contribution in [3.05, 3.63) is 59.2 Å². The van der Waals surface area contributed by atoms with E-state index < -0.39 is 0 Å². The first-order chi connectivity index (χ1) is 13.8. The molecule has 0 saturated heterocycles. The van der Waals surface area contributed by atoms with Crippen LogP contribution in [0.5, 0.6) is 0 Å². The number of rotatable bonds is 5. The zero-order valence-corrected chi connectivity index (χ0v) is 15.8. The van der Waals surface area contributed by atoms with Gasteiger partial charge in [-0.3, -0.25) is 0 Å². The molecule has 0 bridgehead atoms. The van der Waals surface area contributed by atoms with E-state index >= 15 is 0 Å². The van der Waals surface area contributed by atoms with Crippen molar-refractivity contribution in [3.8, 4) is 17.5 Å². The maximum absolute atomic E-state index is 9.30. The maximum atomic E-state index is 9.30. The molecule has 0 radical (unpaired) electrons. The normalized spacial score (nSPS) is 14.7. The number of benzene rings is 1. The molecule has 0 atom stereocenters. The van der Waals surface area contributed by atoms with Crippen LogP contribution in [0.25, 0.3) is 11.4 Å². The smallest absolute Gasteiger partial charge is 0.159 e. The highest BCUT2D eigenvalue weighted by Crippen LogP contribution is 2.31. The van der Waals surface area contributed by atoms with Gasteiger partial charge in [0.15, 0.2) is 5.82 Å². The van der Waals surface area contributed by atoms with Crippen molar-refractivity contribution >= 4 is 0 Å². The van der Waals surface area contributed by atoms with Crippen molar-refractivity contribution < 1.29 is 0 Å². The zero-order valence-electron chi connectivity index (χ0n) is 15.8. The summed E-state index contributed by atoms with van der Waals surface area (Å²) in [5.41, 5.74) is 10.0. The van der Waals surface area contributed by atoms with Crippen molar-refractivity contribution in [1.29, 1.82) is 5.26 Å². The highest BCUT2D eigenvalue weighted by molar-refractivity contribution is 5.62. The summed E-state index contributed by atoms with van der Waals surface area (Å²) < 4.78 is 1.85. The van der Waals surface area contributed by atoms with Crippen LogP contribution in [0.3, 0.4) is 0 Å². The van der Waals surface area contributed by atoms with E-state index in [1.165, 1.54) is 32.1 Å². The summed E-state index contributed by atoms with van der Waals surface area (Å²) in [6.45, 7) is 0.927. The van der Waals surface area contributed by atoms with Crippen molar-refractivity contribution in [2.45, 2.75) is 51.1 Å². The standard InChI is InChI=1S/C21H23N7/c22-9-15-6-7-19(21-24-11-16(10-23)12-25-21)18(8-15)13-28-14-20(26-27-28)17-4-2-1-3-5-17/h6-8,11-12,14,17H,1-5,10,13,23H2. The minimum Gasteiger partial charge on any atom is -0.326 e. The van der Waals surface area contributed by atoms with E-state index in [1.807, 2.05) is 23.0 Å². The van der Waals surface area contributed by atoms with E-state index in [0.29, 0.717) is 30.4 Å². The first kappa shape index (κ1) is 18.3. The van der Waals surface area contributed by atoms with E-state index in [-0.39, 0.29) is 0 Å². The van der Waals surface area contributed by atoms with E-state index in [1.54, 1.807) is 18.5 Å². The van der Waals surface area contributed by atoms with Gasteiger partial charge >= 0.3 is 0 Å². The summed E-state index contributed by atoms with van der Waals surface area (Å²) in [5, 5.41) is 18.0. The monoisotopic (exact) mass is 373 g/mol. The van der Waals surface area contributed by atoms with Crippen LogP contribution in [0.2, 0.25) is 0 Å². The molecule has 2 aromatic heterocycles. The second-order valence-corrected chi connectivity index (χ2v) is 7.28. The minimum atomic E-state index is 0.406. The van der Waals surface area contributed by atoms with Gasteiger partial charge in [-0.1, -0.05) is 24.5 Å². The van der Waals surface area contributed by atoms with Gasteiger partial charge in [0.2, 0.25) is 0 Å².